The molecule has 1 aromatic heterocycles. The minimum absolute atomic E-state index is 0.504. The molecule has 3 rings (SSSR count). The average Bonchev–Trinajstić information content (AvgIpc) is 2.42. The number of nitrogens with zero attached hydrogens (tertiary/aromatic N) is 2. The summed E-state index contributed by atoms with van der Waals surface area (Å²) in [6.45, 7) is 0. The van der Waals surface area contributed by atoms with E-state index in [1.54, 1.807) is 12.3 Å². The van der Waals surface area contributed by atoms with Gasteiger partial charge in [-0.1, -0.05) is 30.4 Å². The lowest BCUT2D eigenvalue weighted by Gasteiger charge is -2.09. The standard InChI is InChI=1S/C16H14N4/c17-14-10-9-12-6-5-7-13(16(12)20-14)19-15-8-3-1-2-4-11-18-15/h1-11H,(H2,17,20)(H,18,19). The Morgan fingerprint density at radius 1 is 0.950 bits per heavy atom. The molecule has 98 valence electrons. The van der Waals surface area contributed by atoms with E-state index >= 15 is 0 Å². The van der Waals surface area contributed by atoms with E-state index in [1.807, 2.05) is 54.6 Å². The van der Waals surface area contributed by atoms with Crippen LogP contribution >= 0.6 is 0 Å². The molecule has 1 aliphatic rings. The Balaban J connectivity index is 2.00. The molecule has 4 nitrogen and oxygen atoms in total. The van der Waals surface area contributed by atoms with Crippen LogP contribution in [0.4, 0.5) is 11.5 Å². The normalized spacial score (nSPS) is 21.3. The molecule has 0 amide bonds. The highest BCUT2D eigenvalue weighted by molar-refractivity contribution is 6.08. The van der Waals surface area contributed by atoms with Gasteiger partial charge in [-0.2, -0.15) is 0 Å². The van der Waals surface area contributed by atoms with E-state index in [1.165, 1.54) is 0 Å². The van der Waals surface area contributed by atoms with Crippen LogP contribution < -0.4 is 11.1 Å². The van der Waals surface area contributed by atoms with E-state index in [0.717, 1.165) is 22.4 Å². The van der Waals surface area contributed by atoms with Crippen LogP contribution in [-0.4, -0.2) is 10.8 Å². The molecule has 0 bridgehead atoms. The second kappa shape index (κ2) is 5.40. The molecular weight excluding hydrogens is 248 g/mol. The third-order valence-corrected chi connectivity index (χ3v) is 2.89. The first-order valence-corrected chi connectivity index (χ1v) is 6.33. The number of hydrogen-bond donors (Lipinski definition) is 2. The number of nitrogens with one attached hydrogen (secondary N) is 1. The van der Waals surface area contributed by atoms with E-state index < -0.39 is 0 Å². The minimum atomic E-state index is 0.504. The molecule has 0 unspecified atom stereocenters. The number of nitrogens with two attached hydrogens (primary N) is 1. The largest absolute Gasteiger partial charge is 0.384 e. The van der Waals surface area contributed by atoms with Crippen molar-refractivity contribution in [1.29, 1.82) is 0 Å². The van der Waals surface area contributed by atoms with Crippen molar-refractivity contribution < 1.29 is 0 Å². The Labute approximate surface area is 117 Å². The van der Waals surface area contributed by atoms with E-state index in [4.69, 9.17) is 5.73 Å². The first kappa shape index (κ1) is 12.2. The molecule has 3 N–H and O–H groups in total. The van der Waals surface area contributed by atoms with Crippen molar-refractivity contribution in [3.05, 3.63) is 66.9 Å². The number of para-hydroxylation sites is 1. The molecule has 20 heavy (non-hydrogen) atoms. The summed E-state index contributed by atoms with van der Waals surface area (Å²) in [5, 5.41) is 4.32. The van der Waals surface area contributed by atoms with Gasteiger partial charge in [-0.25, -0.2) is 9.98 Å². The maximum atomic E-state index is 5.77. The zero-order chi connectivity index (χ0) is 13.8. The number of rotatable bonds is 1. The maximum Gasteiger partial charge on any atom is 0.130 e. The van der Waals surface area contributed by atoms with Gasteiger partial charge in [0.1, 0.15) is 11.7 Å². The Hall–Kier alpha value is -2.88. The molecule has 0 fully saturated rings. The lowest BCUT2D eigenvalue weighted by atomic mass is 10.2. The van der Waals surface area contributed by atoms with Crippen molar-refractivity contribution in [1.82, 2.24) is 4.98 Å². The summed E-state index contributed by atoms with van der Waals surface area (Å²) in [4.78, 5) is 8.72. The number of benzene rings is 1. The summed E-state index contributed by atoms with van der Waals surface area (Å²) in [5.74, 6) is 1.26. The molecule has 0 saturated heterocycles. The van der Waals surface area contributed by atoms with Gasteiger partial charge in [0.2, 0.25) is 0 Å². The van der Waals surface area contributed by atoms with Gasteiger partial charge in [0.05, 0.1) is 11.2 Å². The second-order valence-corrected chi connectivity index (χ2v) is 4.34. The smallest absolute Gasteiger partial charge is 0.130 e. The molecule has 0 saturated carbocycles. The summed E-state index contributed by atoms with van der Waals surface area (Å²) in [5.41, 5.74) is 7.49. The summed E-state index contributed by atoms with van der Waals surface area (Å²) < 4.78 is 0. The zero-order valence-electron chi connectivity index (χ0n) is 10.8. The lowest BCUT2D eigenvalue weighted by molar-refractivity contribution is 1.41. The molecule has 2 aromatic rings. The van der Waals surface area contributed by atoms with E-state index in [-0.39, 0.29) is 0 Å². The Morgan fingerprint density at radius 2 is 1.85 bits per heavy atom. The Morgan fingerprint density at radius 3 is 2.80 bits per heavy atom. The quantitative estimate of drug-likeness (QED) is 0.829. The zero-order valence-corrected chi connectivity index (χ0v) is 10.8. The summed E-state index contributed by atoms with van der Waals surface area (Å²) in [6, 6.07) is 9.70. The third-order valence-electron chi connectivity index (χ3n) is 2.89. The number of allylic oxidation sites excluding steroid dienone is 4. The predicted octanol–water partition coefficient (Wildman–Crippen LogP) is 3.27. The van der Waals surface area contributed by atoms with Crippen molar-refractivity contribution >= 4 is 28.2 Å². The topological polar surface area (TPSA) is 63.3 Å². The molecular formula is C16H14N4. The molecule has 4 heteroatoms. The number of hydrogen-bond acceptors (Lipinski definition) is 4. The second-order valence-electron chi connectivity index (χ2n) is 4.34. The van der Waals surface area contributed by atoms with Crippen molar-refractivity contribution in [2.24, 2.45) is 4.99 Å². The number of pyridine rings is 1. The highest BCUT2D eigenvalue weighted by Crippen LogP contribution is 2.22. The van der Waals surface area contributed by atoms with E-state index in [0.29, 0.717) is 5.82 Å². The molecule has 0 atom stereocenters. The number of anilines is 2. The molecule has 1 aromatic carbocycles. The highest BCUT2D eigenvalue weighted by Gasteiger charge is 2.04. The lowest BCUT2D eigenvalue weighted by Crippen LogP contribution is -2.09. The van der Waals surface area contributed by atoms with Gasteiger partial charge in [0, 0.05) is 11.6 Å². The van der Waals surface area contributed by atoms with Gasteiger partial charge in [-0.05, 0) is 30.4 Å². The highest BCUT2D eigenvalue weighted by atomic mass is 15.0. The monoisotopic (exact) mass is 262 g/mol. The predicted molar refractivity (Wildman–Crippen MR) is 84.6 cm³/mol. The van der Waals surface area contributed by atoms with E-state index in [2.05, 4.69) is 15.3 Å². The summed E-state index contributed by atoms with van der Waals surface area (Å²) in [7, 11) is 0. The van der Waals surface area contributed by atoms with Gasteiger partial charge in [0.25, 0.3) is 0 Å². The third kappa shape index (κ3) is 2.59. The van der Waals surface area contributed by atoms with Gasteiger partial charge in [0.15, 0.2) is 0 Å². The fourth-order valence-corrected chi connectivity index (χ4v) is 1.97. The van der Waals surface area contributed by atoms with Crippen LogP contribution in [0.2, 0.25) is 0 Å². The van der Waals surface area contributed by atoms with Crippen LogP contribution in [0.5, 0.6) is 0 Å². The Kier molecular flexibility index (Phi) is 3.29. The van der Waals surface area contributed by atoms with Gasteiger partial charge >= 0.3 is 0 Å². The molecule has 0 radical (unpaired) electrons. The van der Waals surface area contributed by atoms with Gasteiger partial charge < -0.3 is 11.1 Å². The minimum Gasteiger partial charge on any atom is -0.384 e. The van der Waals surface area contributed by atoms with Crippen LogP contribution in [0.25, 0.3) is 10.9 Å². The van der Waals surface area contributed by atoms with Gasteiger partial charge in [-0.15, -0.1) is 0 Å². The van der Waals surface area contributed by atoms with Crippen molar-refractivity contribution in [2.75, 3.05) is 11.1 Å². The fraction of sp³-hybridized carbons (Fsp3) is 0. The van der Waals surface area contributed by atoms with E-state index in [9.17, 15) is 0 Å². The number of amidine groups is 1. The van der Waals surface area contributed by atoms with Gasteiger partial charge in [-0.3, -0.25) is 0 Å². The van der Waals surface area contributed by atoms with Crippen LogP contribution in [0.1, 0.15) is 0 Å². The van der Waals surface area contributed by atoms with Crippen LogP contribution in [-0.2, 0) is 0 Å². The summed E-state index contributed by atoms with van der Waals surface area (Å²) >= 11 is 0. The molecule has 2 heterocycles. The van der Waals surface area contributed by atoms with Crippen LogP contribution in [0, 0.1) is 0 Å². The fourth-order valence-electron chi connectivity index (χ4n) is 1.97. The first-order valence-electron chi connectivity index (χ1n) is 6.33. The van der Waals surface area contributed by atoms with Crippen LogP contribution in [0.3, 0.4) is 0 Å². The van der Waals surface area contributed by atoms with Crippen molar-refractivity contribution in [3.8, 4) is 0 Å². The number of nitrogen functional groups attached to an aromatic ring is 1. The molecule has 0 spiro atoms. The number of aromatic nitrogens is 1. The summed E-state index contributed by atoms with van der Waals surface area (Å²) in [6.07, 6.45) is 11.3. The molecule has 0 aliphatic carbocycles. The number of fused-ring (bicyclic) bond motifs is 1. The van der Waals surface area contributed by atoms with Crippen LogP contribution in [0.15, 0.2) is 71.9 Å². The van der Waals surface area contributed by atoms with Crippen molar-refractivity contribution in [3.63, 3.8) is 0 Å². The first-order chi connectivity index (χ1) is 9.83. The maximum absolute atomic E-state index is 5.77. The number of aliphatic imine (C=N–C) groups is 1. The molecule has 1 aliphatic heterocycles. The average molecular weight is 262 g/mol. The SMILES string of the molecule is Nc1ccc2cccc(NC3=N/C=C\C=C\C=C\3)c2n1. The van der Waals surface area contributed by atoms with Crippen molar-refractivity contribution in [2.45, 2.75) is 0 Å². The Bertz CT molecular complexity index is 754.